The molecule has 0 heterocycles. The molecule has 0 amide bonds. The normalized spacial score (nSPS) is 13.5. The van der Waals surface area contributed by atoms with Crippen molar-refractivity contribution in [2.45, 2.75) is 25.8 Å². The molecule has 2 aromatic carbocycles. The molecular weight excluding hydrogens is 262 g/mol. The fraction of sp³-hybridized carbons (Fsp3) is 0.333. The summed E-state index contributed by atoms with van der Waals surface area (Å²) < 4.78 is 5.40. The van der Waals surface area contributed by atoms with Gasteiger partial charge in [0.25, 0.3) is 0 Å². The minimum Gasteiger partial charge on any atom is -0.496 e. The molecule has 0 aliphatic heterocycles. The Hall–Kier alpha value is -2.00. The number of para-hydroxylation sites is 2. The summed E-state index contributed by atoms with van der Waals surface area (Å²) in [4.78, 5) is 0. The Labute approximate surface area is 126 Å². The number of aliphatic hydroxyl groups is 1. The number of hydrogen-bond donors (Lipinski definition) is 2. The first-order valence-electron chi connectivity index (χ1n) is 7.14. The Balaban J connectivity index is 2.23. The molecule has 0 bridgehead atoms. The van der Waals surface area contributed by atoms with Crippen LogP contribution in [0, 0.1) is 6.92 Å². The molecule has 1 atom stereocenters. The van der Waals surface area contributed by atoms with E-state index in [0.29, 0.717) is 6.42 Å². The maximum Gasteiger partial charge on any atom is 0.122 e. The highest BCUT2D eigenvalue weighted by molar-refractivity contribution is 5.52. The molecule has 0 saturated carbocycles. The fourth-order valence-corrected chi connectivity index (χ4v) is 2.45. The van der Waals surface area contributed by atoms with E-state index in [1.165, 1.54) is 0 Å². The molecule has 21 heavy (non-hydrogen) atoms. The van der Waals surface area contributed by atoms with Crippen molar-refractivity contribution in [3.8, 4) is 5.75 Å². The van der Waals surface area contributed by atoms with Crippen LogP contribution in [0.2, 0.25) is 0 Å². The highest BCUT2D eigenvalue weighted by Crippen LogP contribution is 2.26. The third-order valence-electron chi connectivity index (χ3n) is 3.70. The highest BCUT2D eigenvalue weighted by atomic mass is 16.5. The maximum atomic E-state index is 9.86. The van der Waals surface area contributed by atoms with Crippen LogP contribution < -0.4 is 10.1 Å². The Bertz CT molecular complexity index is 597. The predicted molar refractivity (Wildman–Crippen MR) is 87.0 cm³/mol. The van der Waals surface area contributed by atoms with E-state index in [4.69, 9.17) is 4.74 Å². The Kier molecular flexibility index (Phi) is 4.86. The molecule has 0 saturated heterocycles. The number of aryl methyl sites for hydroxylation is 1. The van der Waals surface area contributed by atoms with Gasteiger partial charge in [0.1, 0.15) is 5.75 Å². The van der Waals surface area contributed by atoms with Crippen molar-refractivity contribution in [1.82, 2.24) is 0 Å². The van der Waals surface area contributed by atoms with E-state index in [2.05, 4.69) is 18.3 Å². The van der Waals surface area contributed by atoms with E-state index < -0.39 is 5.54 Å². The topological polar surface area (TPSA) is 41.5 Å². The van der Waals surface area contributed by atoms with Crippen LogP contribution in [0.4, 0.5) is 5.69 Å². The molecule has 112 valence electrons. The van der Waals surface area contributed by atoms with E-state index in [9.17, 15) is 5.11 Å². The quantitative estimate of drug-likeness (QED) is 0.854. The van der Waals surface area contributed by atoms with Gasteiger partial charge in [-0.1, -0.05) is 36.4 Å². The first-order valence-corrected chi connectivity index (χ1v) is 7.14. The molecular formula is C18H23NO2. The van der Waals surface area contributed by atoms with Crippen molar-refractivity contribution < 1.29 is 9.84 Å². The van der Waals surface area contributed by atoms with Crippen LogP contribution in [-0.4, -0.2) is 24.4 Å². The average molecular weight is 285 g/mol. The van der Waals surface area contributed by atoms with Crippen LogP contribution in [0.1, 0.15) is 18.1 Å². The number of benzene rings is 2. The second-order valence-electron chi connectivity index (χ2n) is 5.65. The van der Waals surface area contributed by atoms with E-state index in [1.807, 2.05) is 49.4 Å². The third kappa shape index (κ3) is 3.76. The van der Waals surface area contributed by atoms with Crippen LogP contribution in [0.15, 0.2) is 48.5 Å². The van der Waals surface area contributed by atoms with Gasteiger partial charge in [0.05, 0.1) is 19.3 Å². The number of anilines is 1. The summed E-state index contributed by atoms with van der Waals surface area (Å²) >= 11 is 0. The molecule has 0 aliphatic carbocycles. The summed E-state index contributed by atoms with van der Waals surface area (Å²) in [6.07, 6.45) is 0.682. The van der Waals surface area contributed by atoms with Crippen LogP contribution >= 0.6 is 0 Å². The molecule has 0 aliphatic rings. The molecule has 0 fully saturated rings. The van der Waals surface area contributed by atoms with Gasteiger partial charge in [0.2, 0.25) is 0 Å². The number of aliphatic hydroxyl groups excluding tert-OH is 1. The Morgan fingerprint density at radius 3 is 2.43 bits per heavy atom. The molecule has 2 N–H and O–H groups in total. The smallest absolute Gasteiger partial charge is 0.122 e. The lowest BCUT2D eigenvalue weighted by Gasteiger charge is -2.31. The van der Waals surface area contributed by atoms with Crippen molar-refractivity contribution in [2.75, 3.05) is 19.0 Å². The number of methoxy groups -OCH3 is 1. The molecule has 2 rings (SSSR count). The molecule has 2 aromatic rings. The first-order chi connectivity index (χ1) is 10.1. The highest BCUT2D eigenvalue weighted by Gasteiger charge is 2.25. The summed E-state index contributed by atoms with van der Waals surface area (Å²) in [5, 5.41) is 13.3. The monoisotopic (exact) mass is 285 g/mol. The van der Waals surface area contributed by atoms with E-state index in [-0.39, 0.29) is 6.61 Å². The van der Waals surface area contributed by atoms with Gasteiger partial charge in [-0.05, 0) is 37.1 Å². The van der Waals surface area contributed by atoms with Gasteiger partial charge in [0.15, 0.2) is 0 Å². The minimum absolute atomic E-state index is 0.0411. The summed E-state index contributed by atoms with van der Waals surface area (Å²) in [5.41, 5.74) is 2.85. The van der Waals surface area contributed by atoms with Crippen molar-refractivity contribution >= 4 is 5.69 Å². The zero-order chi connectivity index (χ0) is 15.3. The van der Waals surface area contributed by atoms with Crippen molar-refractivity contribution in [3.05, 3.63) is 59.7 Å². The van der Waals surface area contributed by atoms with Crippen molar-refractivity contribution in [1.29, 1.82) is 0 Å². The zero-order valence-electron chi connectivity index (χ0n) is 12.9. The number of hydrogen-bond acceptors (Lipinski definition) is 3. The minimum atomic E-state index is -0.444. The number of rotatable bonds is 6. The summed E-state index contributed by atoms with van der Waals surface area (Å²) in [6, 6.07) is 16.0. The summed E-state index contributed by atoms with van der Waals surface area (Å²) in [6.45, 7) is 4.12. The SMILES string of the molecule is COc1ccccc1CC(C)(CO)Nc1ccccc1C. The van der Waals surface area contributed by atoms with Gasteiger partial charge in [-0.15, -0.1) is 0 Å². The molecule has 1 unspecified atom stereocenters. The van der Waals surface area contributed by atoms with Gasteiger partial charge in [0, 0.05) is 12.1 Å². The lowest BCUT2D eigenvalue weighted by atomic mass is 9.92. The van der Waals surface area contributed by atoms with Crippen molar-refractivity contribution in [3.63, 3.8) is 0 Å². The third-order valence-corrected chi connectivity index (χ3v) is 3.70. The predicted octanol–water partition coefficient (Wildman–Crippen LogP) is 3.41. The van der Waals surface area contributed by atoms with E-state index >= 15 is 0 Å². The summed E-state index contributed by atoms with van der Waals surface area (Å²) in [7, 11) is 1.67. The maximum absolute atomic E-state index is 9.86. The molecule has 3 heteroatoms. The molecule has 3 nitrogen and oxygen atoms in total. The molecule has 0 aromatic heterocycles. The Morgan fingerprint density at radius 1 is 1.10 bits per heavy atom. The largest absolute Gasteiger partial charge is 0.496 e. The molecule has 0 radical (unpaired) electrons. The van der Waals surface area contributed by atoms with Crippen LogP contribution in [0.3, 0.4) is 0 Å². The lowest BCUT2D eigenvalue weighted by Crippen LogP contribution is -2.41. The van der Waals surface area contributed by atoms with Crippen molar-refractivity contribution in [2.24, 2.45) is 0 Å². The molecule has 0 spiro atoms. The zero-order valence-corrected chi connectivity index (χ0v) is 12.9. The second-order valence-corrected chi connectivity index (χ2v) is 5.65. The average Bonchev–Trinajstić information content (AvgIpc) is 2.50. The van der Waals surface area contributed by atoms with Crippen LogP contribution in [0.5, 0.6) is 5.75 Å². The first kappa shape index (κ1) is 15.4. The standard InChI is InChI=1S/C18H23NO2/c1-14-8-4-6-10-16(14)19-18(2,13-20)12-15-9-5-7-11-17(15)21-3/h4-11,19-20H,12-13H2,1-3H3. The van der Waals surface area contributed by atoms with Crippen LogP contribution in [-0.2, 0) is 6.42 Å². The fourth-order valence-electron chi connectivity index (χ4n) is 2.45. The van der Waals surface area contributed by atoms with Gasteiger partial charge in [-0.3, -0.25) is 0 Å². The Morgan fingerprint density at radius 2 is 1.76 bits per heavy atom. The van der Waals surface area contributed by atoms with E-state index in [0.717, 1.165) is 22.6 Å². The van der Waals surface area contributed by atoms with Gasteiger partial charge in [-0.2, -0.15) is 0 Å². The van der Waals surface area contributed by atoms with Crippen LogP contribution in [0.25, 0.3) is 0 Å². The number of ether oxygens (including phenoxy) is 1. The summed E-state index contributed by atoms with van der Waals surface area (Å²) in [5.74, 6) is 0.851. The lowest BCUT2D eigenvalue weighted by molar-refractivity contribution is 0.221. The van der Waals surface area contributed by atoms with Gasteiger partial charge >= 0.3 is 0 Å². The van der Waals surface area contributed by atoms with E-state index in [1.54, 1.807) is 7.11 Å². The van der Waals surface area contributed by atoms with Gasteiger partial charge in [-0.25, -0.2) is 0 Å². The number of nitrogens with one attached hydrogen (secondary N) is 1. The van der Waals surface area contributed by atoms with Gasteiger partial charge < -0.3 is 15.2 Å². The second kappa shape index (κ2) is 6.64.